The lowest BCUT2D eigenvalue weighted by atomic mass is 9.80. The maximum absolute atomic E-state index is 9.98. The van der Waals surface area contributed by atoms with Gasteiger partial charge < -0.3 is 20.1 Å². The third kappa shape index (κ3) is 4.61. The number of aliphatic hydroxyl groups excluding tert-OH is 1. The monoisotopic (exact) mass is 430 g/mol. The van der Waals surface area contributed by atoms with Crippen LogP contribution in [-0.4, -0.2) is 11.9 Å². The number of hydrogen-bond acceptors (Lipinski definition) is 6. The molecule has 164 valence electrons. The highest BCUT2D eigenvalue weighted by molar-refractivity contribution is 7.96. The first-order valence-corrected chi connectivity index (χ1v) is 11.7. The highest BCUT2D eigenvalue weighted by atomic mass is 32.2. The summed E-state index contributed by atoms with van der Waals surface area (Å²) in [7, 11) is 0. The lowest BCUT2D eigenvalue weighted by Crippen LogP contribution is -2.21. The van der Waals surface area contributed by atoms with Crippen LogP contribution in [0.4, 0.5) is 5.69 Å². The van der Waals surface area contributed by atoms with Crippen molar-refractivity contribution in [1.29, 1.82) is 0 Å². The van der Waals surface area contributed by atoms with Gasteiger partial charge in [0.05, 0.1) is 6.10 Å². The van der Waals surface area contributed by atoms with E-state index in [0.717, 1.165) is 41.8 Å². The van der Waals surface area contributed by atoms with Gasteiger partial charge in [-0.25, -0.2) is 0 Å². The topological polar surface area (TPSA) is 102 Å². The molecule has 0 bridgehead atoms. The number of nitrogens with two attached hydrogens (primary N) is 2. The number of aryl methyl sites for hydroxylation is 2. The first-order chi connectivity index (χ1) is 14.5. The molecule has 3 aliphatic rings. The molecule has 2 atom stereocenters. The van der Waals surface area contributed by atoms with E-state index in [1.807, 2.05) is 12.9 Å². The minimum atomic E-state index is -0.384. The molecule has 0 radical (unpaired) electrons. The Morgan fingerprint density at radius 3 is 2.23 bits per heavy atom. The molecular weight excluding hydrogens is 396 g/mol. The Hall–Kier alpha value is -1.76. The van der Waals surface area contributed by atoms with E-state index in [9.17, 15) is 5.11 Å². The Morgan fingerprint density at radius 2 is 1.70 bits per heavy atom. The van der Waals surface area contributed by atoms with Crippen LogP contribution in [0, 0.1) is 11.8 Å². The molecule has 0 amide bonds. The van der Waals surface area contributed by atoms with Gasteiger partial charge in [0.1, 0.15) is 12.5 Å². The fraction of sp³-hybridized carbons (Fsp3) is 0.542. The van der Waals surface area contributed by atoms with Gasteiger partial charge in [-0.05, 0) is 97.0 Å². The fourth-order valence-corrected chi connectivity index (χ4v) is 5.36. The first-order valence-electron chi connectivity index (χ1n) is 10.9. The Kier molecular flexibility index (Phi) is 7.66. The van der Waals surface area contributed by atoms with E-state index in [4.69, 9.17) is 20.1 Å². The predicted molar refractivity (Wildman–Crippen MR) is 122 cm³/mol. The van der Waals surface area contributed by atoms with Crippen molar-refractivity contribution in [2.75, 3.05) is 5.73 Å². The van der Waals surface area contributed by atoms with Crippen LogP contribution in [0.15, 0.2) is 21.6 Å². The van der Waals surface area contributed by atoms with Crippen molar-refractivity contribution >= 4 is 24.4 Å². The summed E-state index contributed by atoms with van der Waals surface area (Å²) in [5.41, 5.74) is 14.3. The number of carbonyl (C=O) groups excluding carboxylic acids is 1. The van der Waals surface area contributed by atoms with Crippen molar-refractivity contribution in [3.63, 3.8) is 0 Å². The summed E-state index contributed by atoms with van der Waals surface area (Å²) in [4.78, 5) is 8.00. The van der Waals surface area contributed by atoms with Crippen molar-refractivity contribution in [2.24, 2.45) is 17.0 Å². The average molecular weight is 431 g/mol. The van der Waals surface area contributed by atoms with E-state index >= 15 is 0 Å². The molecule has 30 heavy (non-hydrogen) atoms. The van der Waals surface area contributed by atoms with Gasteiger partial charge in [0, 0.05) is 17.7 Å². The number of nitrogen functional groups attached to an aromatic ring is 1. The summed E-state index contributed by atoms with van der Waals surface area (Å²) in [5.74, 6) is 2.00. The molecule has 5 nitrogen and oxygen atoms in total. The standard InChI is InChI=1S/C12H15N.C11H17NO2S.CH2O/c13-12-10-5-1-3-8(10)7-9-4-2-6-11(9)12;1-6(2)7-3-9(13)8-5-11(15-12)14-10(8)4-7;1-2/h7H,1-6,13H2;5-7,9,13H,3-4,12H2,1-2H3;1H2. The van der Waals surface area contributed by atoms with Crippen molar-refractivity contribution in [2.45, 2.75) is 76.4 Å². The molecule has 2 unspecified atom stereocenters. The molecule has 3 aliphatic carbocycles. The molecule has 1 aromatic heterocycles. The van der Waals surface area contributed by atoms with Crippen LogP contribution in [0.3, 0.4) is 0 Å². The van der Waals surface area contributed by atoms with Gasteiger partial charge in [-0.1, -0.05) is 19.9 Å². The Morgan fingerprint density at radius 1 is 1.10 bits per heavy atom. The van der Waals surface area contributed by atoms with Crippen LogP contribution in [0.25, 0.3) is 0 Å². The molecular formula is C24H34N2O3S. The summed E-state index contributed by atoms with van der Waals surface area (Å²) < 4.78 is 5.58. The van der Waals surface area contributed by atoms with Crippen LogP contribution in [0.2, 0.25) is 0 Å². The van der Waals surface area contributed by atoms with Crippen LogP contribution in [-0.2, 0) is 36.9 Å². The van der Waals surface area contributed by atoms with Crippen molar-refractivity contribution < 1.29 is 14.3 Å². The van der Waals surface area contributed by atoms with Gasteiger partial charge in [0.15, 0.2) is 5.09 Å². The zero-order chi connectivity index (χ0) is 21.8. The highest BCUT2D eigenvalue weighted by Gasteiger charge is 2.30. The summed E-state index contributed by atoms with van der Waals surface area (Å²) in [5, 5.41) is 16.1. The minimum absolute atomic E-state index is 0.384. The Labute approximate surface area is 183 Å². The Balaban J connectivity index is 0.000000159. The van der Waals surface area contributed by atoms with E-state index in [1.54, 1.807) is 0 Å². The maximum atomic E-state index is 9.98. The van der Waals surface area contributed by atoms with Crippen LogP contribution < -0.4 is 10.9 Å². The lowest BCUT2D eigenvalue weighted by Gasteiger charge is -2.27. The van der Waals surface area contributed by atoms with E-state index < -0.39 is 0 Å². The summed E-state index contributed by atoms with van der Waals surface area (Å²) in [6.45, 7) is 6.37. The van der Waals surface area contributed by atoms with Gasteiger partial charge >= 0.3 is 0 Å². The van der Waals surface area contributed by atoms with Gasteiger partial charge in [-0.2, -0.15) is 0 Å². The molecule has 6 heteroatoms. The molecule has 0 aliphatic heterocycles. The van der Waals surface area contributed by atoms with E-state index in [2.05, 4.69) is 19.9 Å². The number of hydrogen-bond donors (Lipinski definition) is 3. The Bertz CT molecular complexity index is 846. The number of carbonyl (C=O) groups is 1. The quantitative estimate of drug-likeness (QED) is 0.477. The smallest absolute Gasteiger partial charge is 0.175 e. The van der Waals surface area contributed by atoms with Gasteiger partial charge in [-0.3, -0.25) is 5.14 Å². The molecule has 1 heterocycles. The van der Waals surface area contributed by atoms with E-state index in [1.165, 1.54) is 60.8 Å². The minimum Gasteiger partial charge on any atom is -0.453 e. The number of benzene rings is 1. The second kappa shape index (κ2) is 10.0. The lowest BCUT2D eigenvalue weighted by molar-refractivity contribution is -0.0979. The molecule has 5 rings (SSSR count). The molecule has 0 saturated carbocycles. The van der Waals surface area contributed by atoms with Crippen LogP contribution in [0.5, 0.6) is 0 Å². The predicted octanol–water partition coefficient (Wildman–Crippen LogP) is 4.56. The van der Waals surface area contributed by atoms with Crippen LogP contribution >= 0.6 is 11.9 Å². The maximum Gasteiger partial charge on any atom is 0.175 e. The largest absolute Gasteiger partial charge is 0.453 e. The second-order valence-corrected chi connectivity index (χ2v) is 9.43. The number of aliphatic hydroxyl groups is 1. The number of anilines is 1. The first kappa shape index (κ1) is 22.9. The highest BCUT2D eigenvalue weighted by Crippen LogP contribution is 2.39. The second-order valence-electron chi connectivity index (χ2n) is 8.79. The van der Waals surface area contributed by atoms with Crippen molar-refractivity contribution in [1.82, 2.24) is 0 Å². The van der Waals surface area contributed by atoms with Crippen molar-refractivity contribution in [3.8, 4) is 0 Å². The number of fused-ring (bicyclic) bond motifs is 3. The number of rotatable bonds is 2. The summed E-state index contributed by atoms with van der Waals surface area (Å²) in [6, 6.07) is 4.28. The molecule has 2 aromatic rings. The zero-order valence-corrected chi connectivity index (χ0v) is 18.9. The zero-order valence-electron chi connectivity index (χ0n) is 18.1. The van der Waals surface area contributed by atoms with Gasteiger partial charge in [0.25, 0.3) is 0 Å². The molecule has 0 spiro atoms. The normalized spacial score (nSPS) is 21.1. The molecule has 0 saturated heterocycles. The number of furan rings is 1. The fourth-order valence-electron chi connectivity index (χ4n) is 5.02. The third-order valence-corrected chi connectivity index (χ3v) is 7.16. The third-order valence-electron chi connectivity index (χ3n) is 6.73. The average Bonchev–Trinajstić information content (AvgIpc) is 3.49. The SMILES string of the molecule is C=O.CC(C)C1Cc2oc(SN)cc2C(O)C1.Nc1c2c(cc3c1CCC3)CCC2. The molecule has 0 fully saturated rings. The molecule has 1 aromatic carbocycles. The van der Waals surface area contributed by atoms with Gasteiger partial charge in [0.2, 0.25) is 0 Å². The molecule has 5 N–H and O–H groups in total. The van der Waals surface area contributed by atoms with Crippen molar-refractivity contribution in [3.05, 3.63) is 45.7 Å². The van der Waals surface area contributed by atoms with Gasteiger partial charge in [-0.15, -0.1) is 0 Å². The summed E-state index contributed by atoms with van der Waals surface area (Å²) in [6.07, 6.45) is 8.93. The van der Waals surface area contributed by atoms with Crippen LogP contribution in [0.1, 0.15) is 72.8 Å². The van der Waals surface area contributed by atoms with E-state index in [0.29, 0.717) is 16.9 Å². The van der Waals surface area contributed by atoms with E-state index in [-0.39, 0.29) is 6.10 Å². The summed E-state index contributed by atoms with van der Waals surface area (Å²) >= 11 is 1.10.